The number of hydrogen-bond acceptors (Lipinski definition) is 6. The summed E-state index contributed by atoms with van der Waals surface area (Å²) in [4.78, 5) is 2.91. The first-order valence-electron chi connectivity index (χ1n) is 7.58. The lowest BCUT2D eigenvalue weighted by Crippen LogP contribution is -2.10. The van der Waals surface area contributed by atoms with Gasteiger partial charge in [-0.1, -0.05) is 29.7 Å². The van der Waals surface area contributed by atoms with Crippen LogP contribution in [-0.2, 0) is 14.3 Å². The Morgan fingerprint density at radius 3 is 2.46 bits per heavy atom. The molecule has 0 spiro atoms. The Labute approximate surface area is 152 Å². The van der Waals surface area contributed by atoms with Gasteiger partial charge in [0.1, 0.15) is 0 Å². The van der Waals surface area contributed by atoms with Crippen LogP contribution in [0.15, 0.2) is 34.3 Å². The van der Waals surface area contributed by atoms with E-state index < -0.39 is 10.1 Å². The van der Waals surface area contributed by atoms with Gasteiger partial charge in [-0.3, -0.25) is 4.18 Å². The fraction of sp³-hybridized carbons (Fsp3) is 0.600. The summed E-state index contributed by atoms with van der Waals surface area (Å²) in [5, 5.41) is 3.49. The molecule has 1 unspecified atom stereocenters. The average molecular weight is 390 g/mol. The molecule has 0 saturated carbocycles. The molecular formula is C15H23N3O3S3. The Kier molecular flexibility index (Phi) is 10.3. The van der Waals surface area contributed by atoms with Crippen LogP contribution in [0, 0.1) is 12.8 Å². The molecular weight excluding hydrogens is 366 g/mol. The molecule has 0 saturated heterocycles. The van der Waals surface area contributed by atoms with Crippen molar-refractivity contribution in [3.63, 3.8) is 0 Å². The van der Waals surface area contributed by atoms with Gasteiger partial charge < -0.3 is 0 Å². The van der Waals surface area contributed by atoms with Gasteiger partial charge in [-0.15, -0.1) is 0 Å². The van der Waals surface area contributed by atoms with E-state index in [9.17, 15) is 8.42 Å². The average Bonchev–Trinajstić information content (AvgIpc) is 2.54. The van der Waals surface area contributed by atoms with Crippen molar-refractivity contribution in [3.8, 4) is 0 Å². The standard InChI is InChI=1S/C15H23N3O3S3/c1-13-3-5-15(6-4-13)24(19,20)21-8-10-23-12-14(2)11-22-9-7-17-18-16/h3-6,14H,7-12H2,1-2H3. The second-order valence-corrected chi connectivity index (χ2v) is 9.21. The second-order valence-electron chi connectivity index (χ2n) is 5.30. The van der Waals surface area contributed by atoms with Crippen LogP contribution in [0.1, 0.15) is 12.5 Å². The van der Waals surface area contributed by atoms with Crippen molar-refractivity contribution in [3.05, 3.63) is 40.3 Å². The molecule has 0 heterocycles. The molecule has 1 aromatic carbocycles. The molecule has 0 aliphatic carbocycles. The van der Waals surface area contributed by atoms with E-state index in [0.717, 1.165) is 22.8 Å². The molecule has 0 radical (unpaired) electrons. The lowest BCUT2D eigenvalue weighted by atomic mass is 10.2. The minimum atomic E-state index is -3.66. The fourth-order valence-electron chi connectivity index (χ4n) is 1.74. The third-order valence-electron chi connectivity index (χ3n) is 2.98. The molecule has 0 aromatic heterocycles. The van der Waals surface area contributed by atoms with Crippen molar-refractivity contribution in [2.75, 3.05) is 36.2 Å². The summed E-state index contributed by atoms with van der Waals surface area (Å²) in [7, 11) is -3.66. The molecule has 0 fully saturated rings. The number of nitrogens with zero attached hydrogens (tertiary/aromatic N) is 3. The maximum absolute atomic E-state index is 12.0. The highest BCUT2D eigenvalue weighted by molar-refractivity contribution is 8.00. The van der Waals surface area contributed by atoms with Crippen molar-refractivity contribution < 1.29 is 12.6 Å². The van der Waals surface area contributed by atoms with Crippen LogP contribution in [-0.4, -0.2) is 44.6 Å². The first kappa shape index (κ1) is 21.2. The summed E-state index contributed by atoms with van der Waals surface area (Å²) >= 11 is 3.45. The topological polar surface area (TPSA) is 92.1 Å². The van der Waals surface area contributed by atoms with Crippen LogP contribution >= 0.6 is 23.5 Å². The van der Waals surface area contributed by atoms with E-state index in [2.05, 4.69) is 16.9 Å². The number of azide groups is 1. The van der Waals surface area contributed by atoms with Gasteiger partial charge in [0.2, 0.25) is 0 Å². The third-order valence-corrected chi connectivity index (χ3v) is 6.84. The van der Waals surface area contributed by atoms with Gasteiger partial charge in [-0.05, 0) is 47.8 Å². The number of rotatable bonds is 12. The Bertz CT molecular complexity index is 629. The molecule has 1 atom stereocenters. The molecule has 0 aliphatic heterocycles. The minimum Gasteiger partial charge on any atom is -0.266 e. The summed E-state index contributed by atoms with van der Waals surface area (Å²) in [5.41, 5.74) is 9.18. The molecule has 0 bridgehead atoms. The molecule has 24 heavy (non-hydrogen) atoms. The van der Waals surface area contributed by atoms with Gasteiger partial charge in [0.05, 0.1) is 11.5 Å². The van der Waals surface area contributed by atoms with Crippen molar-refractivity contribution in [2.45, 2.75) is 18.7 Å². The van der Waals surface area contributed by atoms with Crippen molar-refractivity contribution >= 4 is 33.6 Å². The predicted octanol–water partition coefficient (Wildman–Crippen LogP) is 4.11. The largest absolute Gasteiger partial charge is 0.296 e. The second kappa shape index (κ2) is 11.7. The summed E-state index contributed by atoms with van der Waals surface area (Å²) in [5.74, 6) is 3.93. The first-order chi connectivity index (χ1) is 11.5. The van der Waals surface area contributed by atoms with Crippen LogP contribution in [0.25, 0.3) is 10.4 Å². The lowest BCUT2D eigenvalue weighted by Gasteiger charge is -2.10. The van der Waals surface area contributed by atoms with Crippen LogP contribution < -0.4 is 0 Å². The van der Waals surface area contributed by atoms with Gasteiger partial charge in [-0.25, -0.2) is 0 Å². The normalized spacial score (nSPS) is 12.6. The van der Waals surface area contributed by atoms with Crippen LogP contribution in [0.2, 0.25) is 0 Å². The first-order valence-corrected chi connectivity index (χ1v) is 11.3. The highest BCUT2D eigenvalue weighted by Crippen LogP contribution is 2.16. The zero-order chi connectivity index (χ0) is 17.8. The molecule has 1 rings (SSSR count). The number of hydrogen-bond donors (Lipinski definition) is 0. The van der Waals surface area contributed by atoms with Crippen molar-refractivity contribution in [1.82, 2.24) is 0 Å². The summed E-state index contributed by atoms with van der Waals surface area (Å²) in [6.07, 6.45) is 0. The van der Waals surface area contributed by atoms with Crippen molar-refractivity contribution in [2.24, 2.45) is 11.0 Å². The predicted molar refractivity (Wildman–Crippen MR) is 102 cm³/mol. The van der Waals surface area contributed by atoms with E-state index in [1.165, 1.54) is 0 Å². The molecule has 134 valence electrons. The van der Waals surface area contributed by atoms with Crippen molar-refractivity contribution in [1.29, 1.82) is 0 Å². The van der Waals surface area contributed by atoms with Crippen LogP contribution in [0.5, 0.6) is 0 Å². The fourth-order valence-corrected chi connectivity index (χ4v) is 4.69. The summed E-state index contributed by atoms with van der Waals surface area (Å²) < 4.78 is 29.1. The molecule has 0 amide bonds. The van der Waals surface area contributed by atoms with E-state index in [4.69, 9.17) is 9.71 Å². The van der Waals surface area contributed by atoms with E-state index >= 15 is 0 Å². The van der Waals surface area contributed by atoms with Crippen LogP contribution in [0.4, 0.5) is 0 Å². The Balaban J connectivity index is 2.16. The zero-order valence-electron chi connectivity index (χ0n) is 13.9. The van der Waals surface area contributed by atoms with E-state index in [1.807, 2.05) is 6.92 Å². The van der Waals surface area contributed by atoms with Gasteiger partial charge in [0, 0.05) is 17.2 Å². The van der Waals surface area contributed by atoms with E-state index in [1.54, 1.807) is 47.8 Å². The maximum atomic E-state index is 12.0. The highest BCUT2D eigenvalue weighted by atomic mass is 32.2. The lowest BCUT2D eigenvalue weighted by molar-refractivity contribution is 0.341. The highest BCUT2D eigenvalue weighted by Gasteiger charge is 2.14. The maximum Gasteiger partial charge on any atom is 0.296 e. The Morgan fingerprint density at radius 1 is 1.21 bits per heavy atom. The number of thioether (sulfide) groups is 2. The molecule has 9 heteroatoms. The quantitative estimate of drug-likeness (QED) is 0.176. The summed E-state index contributed by atoms with van der Waals surface area (Å²) in [6.45, 7) is 4.75. The minimum absolute atomic E-state index is 0.178. The SMILES string of the molecule is Cc1ccc(S(=O)(=O)OCCSCC(C)CSCCN=[N+]=[N-])cc1. The van der Waals surface area contributed by atoms with Gasteiger partial charge >= 0.3 is 0 Å². The molecule has 6 nitrogen and oxygen atoms in total. The van der Waals surface area contributed by atoms with Gasteiger partial charge in [0.25, 0.3) is 10.1 Å². The van der Waals surface area contributed by atoms with Gasteiger partial charge in [0.15, 0.2) is 0 Å². The van der Waals surface area contributed by atoms with E-state index in [-0.39, 0.29) is 11.5 Å². The smallest absolute Gasteiger partial charge is 0.266 e. The molecule has 0 N–H and O–H groups in total. The monoisotopic (exact) mass is 389 g/mol. The van der Waals surface area contributed by atoms with E-state index in [0.29, 0.717) is 18.2 Å². The Morgan fingerprint density at radius 2 is 1.83 bits per heavy atom. The van der Waals surface area contributed by atoms with Gasteiger partial charge in [-0.2, -0.15) is 31.9 Å². The summed E-state index contributed by atoms with van der Waals surface area (Å²) in [6, 6.07) is 6.64. The van der Waals surface area contributed by atoms with Crippen LogP contribution in [0.3, 0.4) is 0 Å². The number of benzene rings is 1. The molecule has 0 aliphatic rings. The molecule has 1 aromatic rings. The Hall–Kier alpha value is -0.860. The number of aryl methyl sites for hydroxylation is 1. The zero-order valence-corrected chi connectivity index (χ0v) is 16.4. The third kappa shape index (κ3) is 8.84.